The standard InChI is InChI=1S/C14H18N4/c1-11-7-9-17(10-8-11)12(2)18-14-6-4-3-5-13(14)15-16-18/h3-6,11H,2,7-10H2,1H3. The van der Waals surface area contributed by atoms with Crippen molar-refractivity contribution in [1.29, 1.82) is 0 Å². The molecule has 1 saturated heterocycles. The van der Waals surface area contributed by atoms with Crippen LogP contribution in [0.1, 0.15) is 19.8 Å². The highest BCUT2D eigenvalue weighted by Gasteiger charge is 2.19. The predicted octanol–water partition coefficient (Wildman–Crippen LogP) is 2.59. The SMILES string of the molecule is C=C(N1CCC(C)CC1)n1nnc2ccccc21. The average molecular weight is 242 g/mol. The molecular formula is C14H18N4. The topological polar surface area (TPSA) is 34.0 Å². The van der Waals surface area contributed by atoms with Crippen LogP contribution in [0.3, 0.4) is 0 Å². The maximum atomic E-state index is 4.21. The number of aromatic nitrogens is 3. The first-order chi connectivity index (χ1) is 8.75. The van der Waals surface area contributed by atoms with E-state index in [9.17, 15) is 0 Å². The first-order valence-corrected chi connectivity index (χ1v) is 6.50. The van der Waals surface area contributed by atoms with Crippen LogP contribution < -0.4 is 0 Å². The van der Waals surface area contributed by atoms with E-state index in [0.717, 1.165) is 35.9 Å². The molecule has 2 heterocycles. The molecule has 0 N–H and O–H groups in total. The molecule has 0 atom stereocenters. The van der Waals surface area contributed by atoms with Gasteiger partial charge < -0.3 is 4.90 Å². The molecule has 1 aromatic carbocycles. The fourth-order valence-electron chi connectivity index (χ4n) is 2.46. The van der Waals surface area contributed by atoms with Crippen LogP contribution in [-0.4, -0.2) is 33.0 Å². The summed E-state index contributed by atoms with van der Waals surface area (Å²) >= 11 is 0. The number of piperidine rings is 1. The molecule has 3 rings (SSSR count). The van der Waals surface area contributed by atoms with E-state index in [4.69, 9.17) is 0 Å². The molecular weight excluding hydrogens is 224 g/mol. The van der Waals surface area contributed by atoms with Gasteiger partial charge in [0.15, 0.2) is 0 Å². The highest BCUT2D eigenvalue weighted by atomic mass is 15.5. The highest BCUT2D eigenvalue weighted by molar-refractivity contribution is 5.77. The zero-order valence-corrected chi connectivity index (χ0v) is 10.7. The first-order valence-electron chi connectivity index (χ1n) is 6.50. The normalized spacial score (nSPS) is 17.3. The monoisotopic (exact) mass is 242 g/mol. The van der Waals surface area contributed by atoms with Crippen LogP contribution in [0.4, 0.5) is 0 Å². The Morgan fingerprint density at radius 2 is 2.00 bits per heavy atom. The lowest BCUT2D eigenvalue weighted by Crippen LogP contribution is -2.33. The number of hydrogen-bond donors (Lipinski definition) is 0. The van der Waals surface area contributed by atoms with E-state index in [1.165, 1.54) is 12.8 Å². The largest absolute Gasteiger partial charge is 0.357 e. The maximum absolute atomic E-state index is 4.21. The van der Waals surface area contributed by atoms with Crippen LogP contribution in [0.25, 0.3) is 16.9 Å². The van der Waals surface area contributed by atoms with Crippen molar-refractivity contribution in [2.75, 3.05) is 13.1 Å². The second-order valence-corrected chi connectivity index (χ2v) is 5.08. The average Bonchev–Trinajstić information content (AvgIpc) is 2.82. The van der Waals surface area contributed by atoms with Crippen molar-refractivity contribution in [3.8, 4) is 0 Å². The van der Waals surface area contributed by atoms with Crippen molar-refractivity contribution < 1.29 is 0 Å². The van der Waals surface area contributed by atoms with Crippen molar-refractivity contribution in [2.24, 2.45) is 5.92 Å². The third-order valence-corrected chi connectivity index (χ3v) is 3.74. The minimum atomic E-state index is 0.821. The van der Waals surface area contributed by atoms with Gasteiger partial charge in [-0.2, -0.15) is 4.68 Å². The van der Waals surface area contributed by atoms with E-state index >= 15 is 0 Å². The fraction of sp³-hybridized carbons (Fsp3) is 0.429. The van der Waals surface area contributed by atoms with Crippen LogP contribution in [-0.2, 0) is 0 Å². The van der Waals surface area contributed by atoms with Crippen molar-refractivity contribution >= 4 is 16.9 Å². The van der Waals surface area contributed by atoms with Gasteiger partial charge in [-0.25, -0.2) is 0 Å². The van der Waals surface area contributed by atoms with E-state index in [1.807, 2.05) is 28.9 Å². The van der Waals surface area contributed by atoms with E-state index < -0.39 is 0 Å². The van der Waals surface area contributed by atoms with Gasteiger partial charge >= 0.3 is 0 Å². The third kappa shape index (κ3) is 1.88. The van der Waals surface area contributed by atoms with Gasteiger partial charge in [-0.1, -0.05) is 30.8 Å². The molecule has 4 nitrogen and oxygen atoms in total. The van der Waals surface area contributed by atoms with Crippen LogP contribution in [0.2, 0.25) is 0 Å². The Bertz CT molecular complexity index is 564. The zero-order valence-electron chi connectivity index (χ0n) is 10.7. The summed E-state index contributed by atoms with van der Waals surface area (Å²) in [5.41, 5.74) is 1.95. The molecule has 1 aromatic heterocycles. The third-order valence-electron chi connectivity index (χ3n) is 3.74. The molecule has 0 unspecified atom stereocenters. The number of benzene rings is 1. The summed E-state index contributed by atoms with van der Waals surface area (Å²) in [5, 5.41) is 8.39. The lowest BCUT2D eigenvalue weighted by Gasteiger charge is -2.32. The molecule has 0 aliphatic carbocycles. The van der Waals surface area contributed by atoms with Gasteiger partial charge in [-0.05, 0) is 30.9 Å². The van der Waals surface area contributed by atoms with Gasteiger partial charge in [-0.3, -0.25) is 0 Å². The number of fused-ring (bicyclic) bond motifs is 1. The maximum Gasteiger partial charge on any atom is 0.125 e. The van der Waals surface area contributed by atoms with Crippen LogP contribution in [0.5, 0.6) is 0 Å². The Kier molecular flexibility index (Phi) is 2.78. The van der Waals surface area contributed by atoms with Gasteiger partial charge in [0, 0.05) is 13.1 Å². The molecule has 0 spiro atoms. The second-order valence-electron chi connectivity index (χ2n) is 5.08. The van der Waals surface area contributed by atoms with Gasteiger partial charge in [0.25, 0.3) is 0 Å². The smallest absolute Gasteiger partial charge is 0.125 e. The Balaban J connectivity index is 1.88. The molecule has 0 saturated carbocycles. The molecule has 1 fully saturated rings. The lowest BCUT2D eigenvalue weighted by atomic mass is 9.99. The molecule has 18 heavy (non-hydrogen) atoms. The molecule has 4 heteroatoms. The lowest BCUT2D eigenvalue weighted by molar-refractivity contribution is 0.258. The summed E-state index contributed by atoms with van der Waals surface area (Å²) in [7, 11) is 0. The minimum absolute atomic E-state index is 0.821. The molecule has 0 radical (unpaired) electrons. The molecule has 2 aromatic rings. The zero-order chi connectivity index (χ0) is 12.5. The fourth-order valence-corrected chi connectivity index (χ4v) is 2.46. The highest BCUT2D eigenvalue weighted by Crippen LogP contribution is 2.22. The molecule has 1 aliphatic rings. The molecule has 94 valence electrons. The molecule has 0 amide bonds. The van der Waals surface area contributed by atoms with E-state index in [0.29, 0.717) is 0 Å². The second kappa shape index (κ2) is 4.44. The Hall–Kier alpha value is -1.84. The van der Waals surface area contributed by atoms with Gasteiger partial charge in [0.2, 0.25) is 0 Å². The number of hydrogen-bond acceptors (Lipinski definition) is 3. The number of para-hydroxylation sites is 1. The summed E-state index contributed by atoms with van der Waals surface area (Å²) in [6, 6.07) is 8.00. The summed E-state index contributed by atoms with van der Waals surface area (Å²) in [4.78, 5) is 2.31. The first kappa shape index (κ1) is 11.3. The Labute approximate surface area is 107 Å². The van der Waals surface area contributed by atoms with Crippen molar-refractivity contribution in [1.82, 2.24) is 19.9 Å². The van der Waals surface area contributed by atoms with Gasteiger partial charge in [0.05, 0.1) is 5.52 Å². The number of rotatable bonds is 2. The van der Waals surface area contributed by atoms with Gasteiger partial charge in [0.1, 0.15) is 11.3 Å². The van der Waals surface area contributed by atoms with Gasteiger partial charge in [-0.15, -0.1) is 5.10 Å². The Morgan fingerprint density at radius 3 is 2.78 bits per heavy atom. The van der Waals surface area contributed by atoms with E-state index in [1.54, 1.807) is 0 Å². The number of likely N-dealkylation sites (tertiary alicyclic amines) is 1. The quantitative estimate of drug-likeness (QED) is 0.811. The van der Waals surface area contributed by atoms with E-state index in [2.05, 4.69) is 28.7 Å². The summed E-state index contributed by atoms with van der Waals surface area (Å²) in [6.45, 7) is 8.62. The van der Waals surface area contributed by atoms with Crippen LogP contribution in [0.15, 0.2) is 30.8 Å². The minimum Gasteiger partial charge on any atom is -0.357 e. The van der Waals surface area contributed by atoms with E-state index in [-0.39, 0.29) is 0 Å². The van der Waals surface area contributed by atoms with Crippen LogP contribution in [0, 0.1) is 5.92 Å². The Morgan fingerprint density at radius 1 is 1.28 bits per heavy atom. The summed E-state index contributed by atoms with van der Waals surface area (Å²) in [6.07, 6.45) is 2.46. The molecule has 1 aliphatic heterocycles. The predicted molar refractivity (Wildman–Crippen MR) is 72.8 cm³/mol. The molecule has 0 bridgehead atoms. The van der Waals surface area contributed by atoms with Crippen LogP contribution >= 0.6 is 0 Å². The van der Waals surface area contributed by atoms with Crippen molar-refractivity contribution in [2.45, 2.75) is 19.8 Å². The van der Waals surface area contributed by atoms with Crippen molar-refractivity contribution in [3.05, 3.63) is 30.8 Å². The number of nitrogens with zero attached hydrogens (tertiary/aromatic N) is 4. The summed E-state index contributed by atoms with van der Waals surface area (Å²) < 4.78 is 1.85. The van der Waals surface area contributed by atoms with Crippen molar-refractivity contribution in [3.63, 3.8) is 0 Å². The summed E-state index contributed by atoms with van der Waals surface area (Å²) in [5.74, 6) is 1.76.